The van der Waals surface area contributed by atoms with Gasteiger partial charge in [-0.15, -0.1) is 0 Å². The second kappa shape index (κ2) is 8.57. The first-order chi connectivity index (χ1) is 17.8. The van der Waals surface area contributed by atoms with Crippen LogP contribution in [0.5, 0.6) is 0 Å². The number of carbonyl (C=O) groups is 2. The smallest absolute Gasteiger partial charge is 0.250 e. The van der Waals surface area contributed by atoms with Crippen LogP contribution in [0, 0.1) is 12.8 Å². The summed E-state index contributed by atoms with van der Waals surface area (Å²) in [6.45, 7) is 9.25. The molecule has 2 aromatic heterocycles. The summed E-state index contributed by atoms with van der Waals surface area (Å²) in [6, 6.07) is 4.05. The van der Waals surface area contributed by atoms with E-state index >= 15 is 0 Å². The Morgan fingerprint density at radius 2 is 1.86 bits per heavy atom. The molecule has 0 radical (unpaired) electrons. The Labute approximate surface area is 215 Å². The summed E-state index contributed by atoms with van der Waals surface area (Å²) in [7, 11) is 2.02. The number of amides is 2. The topological polar surface area (TPSA) is 106 Å². The Bertz CT molecular complexity index is 1640. The first-order valence-electron chi connectivity index (χ1n) is 13.0. The number of anilines is 2. The van der Waals surface area contributed by atoms with Crippen molar-refractivity contribution in [1.82, 2.24) is 19.4 Å². The van der Waals surface area contributed by atoms with Gasteiger partial charge in [0, 0.05) is 48.1 Å². The number of aromatic nitrogens is 3. The Morgan fingerprint density at radius 1 is 1.11 bits per heavy atom. The van der Waals surface area contributed by atoms with Gasteiger partial charge in [-0.3, -0.25) is 9.59 Å². The lowest BCUT2D eigenvalue weighted by molar-refractivity contribution is -0.134. The largest absolute Gasteiger partial charge is 0.383 e. The van der Waals surface area contributed by atoms with Crippen molar-refractivity contribution >= 4 is 56.0 Å². The first kappa shape index (κ1) is 23.5. The minimum Gasteiger partial charge on any atom is -0.383 e. The molecule has 1 aliphatic heterocycles. The summed E-state index contributed by atoms with van der Waals surface area (Å²) in [5.41, 5.74) is 12.9. The Hall–Kier alpha value is -3.94. The average molecular weight is 497 g/mol. The van der Waals surface area contributed by atoms with Crippen LogP contribution >= 0.6 is 0 Å². The highest BCUT2D eigenvalue weighted by Crippen LogP contribution is 2.45. The van der Waals surface area contributed by atoms with Crippen molar-refractivity contribution in [2.45, 2.75) is 46.0 Å². The van der Waals surface area contributed by atoms with E-state index in [0.29, 0.717) is 17.8 Å². The molecule has 1 aliphatic carbocycles. The van der Waals surface area contributed by atoms with Gasteiger partial charge < -0.3 is 20.5 Å². The lowest BCUT2D eigenvalue weighted by Crippen LogP contribution is -2.36. The summed E-state index contributed by atoms with van der Waals surface area (Å²) in [5.74, 6) is 0.475. The van der Waals surface area contributed by atoms with Crippen LogP contribution in [0.4, 0.5) is 11.5 Å². The molecular formula is C29H32N6O2. The van der Waals surface area contributed by atoms with Crippen LogP contribution in [0.1, 0.15) is 42.9 Å². The first-order valence-corrected chi connectivity index (χ1v) is 13.0. The fourth-order valence-corrected chi connectivity index (χ4v) is 6.41. The maximum atomic E-state index is 13.4. The van der Waals surface area contributed by atoms with Gasteiger partial charge in [0.2, 0.25) is 5.91 Å². The number of nitrogen functional groups attached to an aromatic ring is 1. The number of carbonyl (C=O) groups excluding carboxylic acids is 2. The Kier molecular flexibility index (Phi) is 5.44. The summed E-state index contributed by atoms with van der Waals surface area (Å²) in [5, 5.41) is 7.12. The molecule has 37 heavy (non-hydrogen) atoms. The van der Waals surface area contributed by atoms with Crippen LogP contribution in [0.15, 0.2) is 30.6 Å². The molecule has 0 unspecified atom stereocenters. The van der Waals surface area contributed by atoms with Gasteiger partial charge in [0.15, 0.2) is 0 Å². The van der Waals surface area contributed by atoms with Crippen molar-refractivity contribution in [2.75, 3.05) is 24.1 Å². The van der Waals surface area contributed by atoms with Gasteiger partial charge >= 0.3 is 0 Å². The number of nitrogens with two attached hydrogens (primary N) is 1. The molecule has 3 N–H and O–H groups in total. The molecule has 190 valence electrons. The number of hydrogen-bond donors (Lipinski definition) is 2. The van der Waals surface area contributed by atoms with Gasteiger partial charge in [-0.1, -0.05) is 6.58 Å². The average Bonchev–Trinajstić information content (AvgIpc) is 3.51. The second-order valence-corrected chi connectivity index (χ2v) is 10.6. The van der Waals surface area contributed by atoms with Crippen molar-refractivity contribution in [2.24, 2.45) is 13.0 Å². The van der Waals surface area contributed by atoms with Crippen LogP contribution < -0.4 is 11.1 Å². The van der Waals surface area contributed by atoms with E-state index in [-0.39, 0.29) is 17.7 Å². The van der Waals surface area contributed by atoms with Crippen molar-refractivity contribution in [3.05, 3.63) is 47.3 Å². The number of likely N-dealkylation sites (tertiary alicyclic amines) is 1. The highest BCUT2D eigenvalue weighted by molar-refractivity contribution is 6.23. The molecule has 6 rings (SSSR count). The zero-order valence-electron chi connectivity index (χ0n) is 21.6. The van der Waals surface area contributed by atoms with E-state index in [1.54, 1.807) is 6.92 Å². The number of benzene rings is 2. The minimum atomic E-state index is -0.205. The normalized spacial score (nSPS) is 17.5. The molecular weight excluding hydrogens is 464 g/mol. The van der Waals surface area contributed by atoms with Gasteiger partial charge in [-0.05, 0) is 80.2 Å². The number of hydrogen-bond acceptors (Lipinski definition) is 5. The van der Waals surface area contributed by atoms with Crippen LogP contribution in [-0.4, -0.2) is 44.3 Å². The molecule has 1 fully saturated rings. The molecule has 3 heterocycles. The SMILES string of the molecule is C=C(C)C(=O)Nc1cc(C)c2c(c1)c1c(c3c4c(N)ncnc4n(C)c23)CC[C@H](C(=O)N2CCCC2)C1. The molecule has 2 aromatic carbocycles. The van der Waals surface area contributed by atoms with Crippen molar-refractivity contribution in [3.8, 4) is 0 Å². The van der Waals surface area contributed by atoms with E-state index in [4.69, 9.17) is 5.73 Å². The number of rotatable bonds is 3. The van der Waals surface area contributed by atoms with Gasteiger partial charge in [0.1, 0.15) is 17.8 Å². The molecule has 4 aromatic rings. The monoisotopic (exact) mass is 496 g/mol. The Balaban J connectivity index is 1.64. The Morgan fingerprint density at radius 3 is 2.59 bits per heavy atom. The van der Waals surface area contributed by atoms with Gasteiger partial charge in [-0.2, -0.15) is 0 Å². The van der Waals surface area contributed by atoms with Crippen LogP contribution in [0.3, 0.4) is 0 Å². The predicted molar refractivity (Wildman–Crippen MR) is 147 cm³/mol. The number of nitrogens with one attached hydrogen (secondary N) is 1. The van der Waals surface area contributed by atoms with Gasteiger partial charge in [0.05, 0.1) is 10.9 Å². The molecule has 1 atom stereocenters. The van der Waals surface area contributed by atoms with Crippen molar-refractivity contribution < 1.29 is 9.59 Å². The number of nitrogens with zero attached hydrogens (tertiary/aromatic N) is 4. The van der Waals surface area contributed by atoms with E-state index in [1.165, 1.54) is 11.9 Å². The van der Waals surface area contributed by atoms with Crippen LogP contribution in [0.25, 0.3) is 32.7 Å². The third-order valence-corrected chi connectivity index (χ3v) is 8.17. The van der Waals surface area contributed by atoms with E-state index in [0.717, 1.165) is 88.3 Å². The van der Waals surface area contributed by atoms with Gasteiger partial charge in [-0.25, -0.2) is 9.97 Å². The summed E-state index contributed by atoms with van der Waals surface area (Å²) in [4.78, 5) is 36.8. The zero-order chi connectivity index (χ0) is 26.0. The number of aryl methyl sites for hydroxylation is 3. The fourth-order valence-electron chi connectivity index (χ4n) is 6.41. The molecule has 2 amide bonds. The van der Waals surface area contributed by atoms with E-state index in [2.05, 4.69) is 39.4 Å². The quantitative estimate of drug-likeness (QED) is 0.409. The molecule has 0 bridgehead atoms. The maximum Gasteiger partial charge on any atom is 0.250 e. The molecule has 0 spiro atoms. The molecule has 8 heteroatoms. The molecule has 2 aliphatic rings. The van der Waals surface area contributed by atoms with E-state index < -0.39 is 0 Å². The third kappa shape index (κ3) is 3.57. The van der Waals surface area contributed by atoms with Crippen molar-refractivity contribution in [1.29, 1.82) is 0 Å². The zero-order valence-corrected chi connectivity index (χ0v) is 21.6. The molecule has 1 saturated heterocycles. The lowest BCUT2D eigenvalue weighted by atomic mass is 9.78. The highest BCUT2D eigenvalue weighted by atomic mass is 16.2. The van der Waals surface area contributed by atoms with E-state index in [9.17, 15) is 9.59 Å². The molecule has 0 saturated carbocycles. The third-order valence-electron chi connectivity index (χ3n) is 8.17. The maximum absolute atomic E-state index is 13.4. The van der Waals surface area contributed by atoms with Gasteiger partial charge in [0.25, 0.3) is 5.91 Å². The highest BCUT2D eigenvalue weighted by Gasteiger charge is 2.33. The standard InChI is InChI=1S/C29H32N6O2/c1-15(2)28(36)33-18-11-16(3)22-21(13-18)20-12-17(29(37)35-9-5-6-10-35)7-8-19(20)23-24-26(30)31-14-32-27(24)34(4)25(22)23/h11,13-14,17H,1,5-10,12H2,2-4H3,(H,33,36)(H2,30,31,32)/t17-/m0/s1. The minimum absolute atomic E-state index is 0.0520. The molecule has 8 nitrogen and oxygen atoms in total. The van der Waals surface area contributed by atoms with Crippen molar-refractivity contribution in [3.63, 3.8) is 0 Å². The number of fused-ring (bicyclic) bond motifs is 8. The summed E-state index contributed by atoms with van der Waals surface area (Å²) >= 11 is 0. The van der Waals surface area contributed by atoms with Crippen LogP contribution in [0.2, 0.25) is 0 Å². The fraction of sp³-hybridized carbons (Fsp3) is 0.379. The predicted octanol–water partition coefficient (Wildman–Crippen LogP) is 4.41. The van der Waals surface area contributed by atoms with Crippen LogP contribution in [-0.2, 0) is 29.5 Å². The summed E-state index contributed by atoms with van der Waals surface area (Å²) in [6.07, 6.45) is 5.92. The lowest BCUT2D eigenvalue weighted by Gasteiger charge is -2.30. The second-order valence-electron chi connectivity index (χ2n) is 10.6. The van der Waals surface area contributed by atoms with E-state index in [1.807, 2.05) is 18.0 Å². The summed E-state index contributed by atoms with van der Waals surface area (Å²) < 4.78 is 2.10.